The van der Waals surface area contributed by atoms with Crippen LogP contribution in [-0.4, -0.2) is 12.6 Å². The Bertz CT molecular complexity index is 344. The van der Waals surface area contributed by atoms with Gasteiger partial charge in [-0.15, -0.1) is 0 Å². The van der Waals surface area contributed by atoms with E-state index in [1.807, 2.05) is 18.2 Å². The maximum atomic E-state index is 11.5. The number of ether oxygens (including phenoxy) is 1. The van der Waals surface area contributed by atoms with Gasteiger partial charge in [0.25, 0.3) is 0 Å². The van der Waals surface area contributed by atoms with Gasteiger partial charge in [0, 0.05) is 6.54 Å². The molecule has 0 atom stereocenters. The van der Waals surface area contributed by atoms with Crippen molar-refractivity contribution in [2.45, 2.75) is 32.1 Å². The topological polar surface area (TPSA) is 38.3 Å². The second-order valence-electron chi connectivity index (χ2n) is 4.57. The molecule has 1 N–H and O–H groups in total. The number of para-hydroxylation sites is 1. The Kier molecular flexibility index (Phi) is 4.42. The van der Waals surface area contributed by atoms with E-state index >= 15 is 0 Å². The smallest absolute Gasteiger partial charge is 0.410 e. The van der Waals surface area contributed by atoms with E-state index in [1.54, 1.807) is 12.1 Å². The number of rotatable bonds is 4. The van der Waals surface area contributed by atoms with Crippen molar-refractivity contribution >= 4 is 6.09 Å². The fraction of sp³-hybridized carbons (Fsp3) is 0.500. The number of carbonyl (C=O) groups is 1. The monoisotopic (exact) mass is 233 g/mol. The summed E-state index contributed by atoms with van der Waals surface area (Å²) >= 11 is 0. The zero-order valence-electron chi connectivity index (χ0n) is 10.0. The van der Waals surface area contributed by atoms with Gasteiger partial charge in [-0.25, -0.2) is 4.79 Å². The largest absolute Gasteiger partial charge is 0.412 e. The van der Waals surface area contributed by atoms with Crippen LogP contribution >= 0.6 is 0 Å². The van der Waals surface area contributed by atoms with Crippen molar-refractivity contribution < 1.29 is 9.53 Å². The van der Waals surface area contributed by atoms with E-state index in [-0.39, 0.29) is 6.09 Å². The van der Waals surface area contributed by atoms with Crippen molar-refractivity contribution in [3.05, 3.63) is 30.3 Å². The Morgan fingerprint density at radius 2 is 1.94 bits per heavy atom. The third-order valence-electron chi connectivity index (χ3n) is 3.25. The van der Waals surface area contributed by atoms with Crippen molar-refractivity contribution in [1.82, 2.24) is 5.32 Å². The first-order valence-corrected chi connectivity index (χ1v) is 6.35. The van der Waals surface area contributed by atoms with Gasteiger partial charge in [-0.3, -0.25) is 0 Å². The predicted octanol–water partition coefficient (Wildman–Crippen LogP) is 3.36. The summed E-state index contributed by atoms with van der Waals surface area (Å²) in [6, 6.07) is 9.14. The van der Waals surface area contributed by atoms with Crippen LogP contribution in [0.4, 0.5) is 4.79 Å². The van der Waals surface area contributed by atoms with Crippen LogP contribution in [0.15, 0.2) is 30.3 Å². The van der Waals surface area contributed by atoms with Gasteiger partial charge >= 0.3 is 6.09 Å². The van der Waals surface area contributed by atoms with Crippen LogP contribution in [-0.2, 0) is 0 Å². The predicted molar refractivity (Wildman–Crippen MR) is 67.0 cm³/mol. The molecule has 17 heavy (non-hydrogen) atoms. The van der Waals surface area contributed by atoms with Gasteiger partial charge in [-0.1, -0.05) is 43.9 Å². The first kappa shape index (κ1) is 12.0. The molecule has 0 radical (unpaired) electrons. The third kappa shape index (κ3) is 4.10. The summed E-state index contributed by atoms with van der Waals surface area (Å²) in [7, 11) is 0. The molecular formula is C14H19NO2. The number of benzene rings is 1. The van der Waals surface area contributed by atoms with Gasteiger partial charge in [0.05, 0.1) is 0 Å². The average Bonchev–Trinajstić information content (AvgIpc) is 2.83. The lowest BCUT2D eigenvalue weighted by molar-refractivity contribution is 0.199. The minimum Gasteiger partial charge on any atom is -0.410 e. The zero-order valence-corrected chi connectivity index (χ0v) is 10.0. The lowest BCUT2D eigenvalue weighted by Gasteiger charge is -2.09. The number of carbonyl (C=O) groups excluding carboxylic acids is 1. The first-order chi connectivity index (χ1) is 8.34. The summed E-state index contributed by atoms with van der Waals surface area (Å²) in [5.41, 5.74) is 0. The molecule has 1 aromatic carbocycles. The molecule has 0 aromatic heterocycles. The molecule has 0 spiro atoms. The van der Waals surface area contributed by atoms with E-state index in [4.69, 9.17) is 4.74 Å². The van der Waals surface area contributed by atoms with Crippen LogP contribution < -0.4 is 10.1 Å². The van der Waals surface area contributed by atoms with E-state index in [1.165, 1.54) is 25.7 Å². The highest BCUT2D eigenvalue weighted by Crippen LogP contribution is 2.26. The average molecular weight is 233 g/mol. The van der Waals surface area contributed by atoms with Gasteiger partial charge in [0.15, 0.2) is 0 Å². The van der Waals surface area contributed by atoms with Crippen molar-refractivity contribution in [2.24, 2.45) is 5.92 Å². The Balaban J connectivity index is 1.64. The van der Waals surface area contributed by atoms with Gasteiger partial charge in [0.2, 0.25) is 0 Å². The van der Waals surface area contributed by atoms with Gasteiger partial charge in [-0.05, 0) is 24.5 Å². The molecule has 3 nitrogen and oxygen atoms in total. The van der Waals surface area contributed by atoms with E-state index < -0.39 is 0 Å². The molecule has 1 amide bonds. The van der Waals surface area contributed by atoms with Crippen molar-refractivity contribution in [3.8, 4) is 5.75 Å². The molecule has 0 aliphatic heterocycles. The summed E-state index contributed by atoms with van der Waals surface area (Å²) < 4.78 is 5.13. The van der Waals surface area contributed by atoms with Gasteiger partial charge in [0.1, 0.15) is 5.75 Å². The van der Waals surface area contributed by atoms with Gasteiger partial charge < -0.3 is 10.1 Å². The molecule has 0 unspecified atom stereocenters. The standard InChI is InChI=1S/C14H19NO2/c16-14(17-13-8-2-1-3-9-13)15-11-10-12-6-4-5-7-12/h1-3,8-9,12H,4-7,10-11H2,(H,15,16). The molecule has 1 aliphatic rings. The molecule has 2 rings (SSSR count). The zero-order chi connectivity index (χ0) is 11.9. The van der Waals surface area contributed by atoms with Crippen LogP contribution in [0.25, 0.3) is 0 Å². The fourth-order valence-corrected chi connectivity index (χ4v) is 2.31. The van der Waals surface area contributed by atoms with Crippen LogP contribution in [0.2, 0.25) is 0 Å². The fourth-order valence-electron chi connectivity index (χ4n) is 2.31. The summed E-state index contributed by atoms with van der Waals surface area (Å²) in [6.07, 6.45) is 6.04. The molecule has 1 fully saturated rings. The molecule has 0 saturated heterocycles. The molecule has 92 valence electrons. The second kappa shape index (κ2) is 6.28. The highest BCUT2D eigenvalue weighted by Gasteiger charge is 2.14. The summed E-state index contributed by atoms with van der Waals surface area (Å²) in [5.74, 6) is 1.39. The lowest BCUT2D eigenvalue weighted by atomic mass is 10.0. The molecule has 1 aromatic rings. The van der Waals surface area contributed by atoms with Crippen molar-refractivity contribution in [2.75, 3.05) is 6.54 Å². The number of amides is 1. The molecule has 3 heteroatoms. The Labute approximate surface area is 102 Å². The van der Waals surface area contributed by atoms with E-state index in [0.29, 0.717) is 5.75 Å². The summed E-state index contributed by atoms with van der Waals surface area (Å²) in [4.78, 5) is 11.5. The van der Waals surface area contributed by atoms with E-state index in [2.05, 4.69) is 5.32 Å². The van der Waals surface area contributed by atoms with Crippen molar-refractivity contribution in [3.63, 3.8) is 0 Å². The minimum atomic E-state index is -0.353. The van der Waals surface area contributed by atoms with E-state index in [0.717, 1.165) is 18.9 Å². The van der Waals surface area contributed by atoms with Crippen LogP contribution in [0.5, 0.6) is 5.75 Å². The molecular weight excluding hydrogens is 214 g/mol. The first-order valence-electron chi connectivity index (χ1n) is 6.35. The summed E-state index contributed by atoms with van der Waals surface area (Å²) in [6.45, 7) is 0.719. The minimum absolute atomic E-state index is 0.353. The quantitative estimate of drug-likeness (QED) is 0.866. The maximum absolute atomic E-state index is 11.5. The van der Waals surface area contributed by atoms with Crippen molar-refractivity contribution in [1.29, 1.82) is 0 Å². The molecule has 1 saturated carbocycles. The normalized spacial score (nSPS) is 15.8. The van der Waals surface area contributed by atoms with Crippen LogP contribution in [0.3, 0.4) is 0 Å². The lowest BCUT2D eigenvalue weighted by Crippen LogP contribution is -2.28. The maximum Gasteiger partial charge on any atom is 0.412 e. The van der Waals surface area contributed by atoms with Gasteiger partial charge in [-0.2, -0.15) is 0 Å². The molecule has 1 aliphatic carbocycles. The number of nitrogens with one attached hydrogen (secondary N) is 1. The SMILES string of the molecule is O=C(NCCC1CCCC1)Oc1ccccc1. The third-order valence-corrected chi connectivity index (χ3v) is 3.25. The Morgan fingerprint density at radius 3 is 2.65 bits per heavy atom. The highest BCUT2D eigenvalue weighted by atomic mass is 16.5. The Hall–Kier alpha value is -1.51. The molecule has 0 bridgehead atoms. The van der Waals surface area contributed by atoms with Crippen LogP contribution in [0, 0.1) is 5.92 Å². The van der Waals surface area contributed by atoms with E-state index in [9.17, 15) is 4.79 Å². The number of hydrogen-bond acceptors (Lipinski definition) is 2. The highest BCUT2D eigenvalue weighted by molar-refractivity contribution is 5.70. The van der Waals surface area contributed by atoms with Crippen LogP contribution in [0.1, 0.15) is 32.1 Å². The number of hydrogen-bond donors (Lipinski definition) is 1. The summed E-state index contributed by atoms with van der Waals surface area (Å²) in [5, 5.41) is 2.80. The second-order valence-corrected chi connectivity index (χ2v) is 4.57. The molecule has 0 heterocycles. The Morgan fingerprint density at radius 1 is 1.24 bits per heavy atom.